The van der Waals surface area contributed by atoms with Gasteiger partial charge in [-0.2, -0.15) is 0 Å². The first-order valence-corrected chi connectivity index (χ1v) is 0. The third kappa shape index (κ3) is 8.82. The molecule has 0 aromatic heterocycles. The van der Waals surface area contributed by atoms with Crippen LogP contribution in [0.4, 0.5) is 0 Å². The Balaban J connectivity index is 0. The maximum atomic E-state index is 0. The van der Waals surface area contributed by atoms with Gasteiger partial charge in [0, 0.05) is 61.3 Å². The molecule has 0 aliphatic carbocycles. The minimum atomic E-state index is 0. The van der Waals surface area contributed by atoms with Crippen LogP contribution in [0.3, 0.4) is 0 Å². The van der Waals surface area contributed by atoms with Gasteiger partial charge in [-0.15, -0.1) is 0 Å². The molecule has 0 rings (SSSR count). The summed E-state index contributed by atoms with van der Waals surface area (Å²) in [6, 6.07) is 0. The third-order valence-electron chi connectivity index (χ3n) is 0. The molecule has 0 aliphatic rings. The second-order valence-corrected chi connectivity index (χ2v) is 0. The van der Waals surface area contributed by atoms with Gasteiger partial charge in [0.15, 0.2) is 17.4 Å². The molecule has 0 saturated carbocycles. The summed E-state index contributed by atoms with van der Waals surface area (Å²) in [5.74, 6) is 0. The molecular weight excluding hydrogens is 228 g/mol. The van der Waals surface area contributed by atoms with Crippen LogP contribution >= 0.6 is 0 Å². The van der Waals surface area contributed by atoms with E-state index in [2.05, 4.69) is 0 Å². The molecule has 0 aromatic carbocycles. The van der Waals surface area contributed by atoms with Crippen LogP contribution in [-0.4, -0.2) is 17.4 Å². The van der Waals surface area contributed by atoms with E-state index in [1.54, 1.807) is 0 Å². The molecule has 0 saturated heterocycles. The fourth-order valence-corrected chi connectivity index (χ4v) is 0. The van der Waals surface area contributed by atoms with Gasteiger partial charge in [-0.25, -0.2) is 0 Å². The van der Waals surface area contributed by atoms with E-state index in [9.17, 15) is 0 Å². The maximum absolute atomic E-state index is 0. The Kier molecular flexibility index (Phi) is 141. The van der Waals surface area contributed by atoms with Crippen LogP contribution in [0.2, 0.25) is 0 Å². The molecular formula is H3AlNiVZr. The second kappa shape index (κ2) is 17.8. The molecule has 25 valence electrons. The minimum absolute atomic E-state index is 0. The van der Waals surface area contributed by atoms with Crippen molar-refractivity contribution in [3.05, 3.63) is 0 Å². The van der Waals surface area contributed by atoms with E-state index in [-0.39, 0.29) is 78.6 Å². The van der Waals surface area contributed by atoms with Crippen LogP contribution in [-0.2, 0) is 61.3 Å². The summed E-state index contributed by atoms with van der Waals surface area (Å²) in [6.07, 6.45) is 0. The van der Waals surface area contributed by atoms with Gasteiger partial charge >= 0.3 is 0 Å². The van der Waals surface area contributed by atoms with Crippen LogP contribution < -0.4 is 0 Å². The van der Waals surface area contributed by atoms with Crippen molar-refractivity contribution < 1.29 is 61.3 Å². The van der Waals surface area contributed by atoms with E-state index < -0.39 is 0 Å². The molecule has 4 heavy (non-hydrogen) atoms. The second-order valence-electron chi connectivity index (χ2n) is 0. The average molecular weight is 231 g/mol. The van der Waals surface area contributed by atoms with Gasteiger partial charge in [0.05, 0.1) is 0 Å². The zero-order valence-electron chi connectivity index (χ0n) is 1.26. The van der Waals surface area contributed by atoms with Crippen molar-refractivity contribution in [3.63, 3.8) is 0 Å². The van der Waals surface area contributed by atoms with Crippen molar-refractivity contribution in [2.24, 2.45) is 0 Å². The van der Waals surface area contributed by atoms with Crippen LogP contribution in [0.15, 0.2) is 0 Å². The molecule has 0 nitrogen and oxygen atoms in total. The van der Waals surface area contributed by atoms with E-state index in [1.165, 1.54) is 0 Å². The molecule has 0 bridgehead atoms. The Morgan fingerprint density at radius 2 is 1.00 bits per heavy atom. The average Bonchev–Trinajstić information content (AvgIpc) is 0. The summed E-state index contributed by atoms with van der Waals surface area (Å²) < 4.78 is 0. The first kappa shape index (κ1) is 31.5. The first-order valence-electron chi connectivity index (χ1n) is 0. The molecule has 0 unspecified atom stereocenters. The van der Waals surface area contributed by atoms with Crippen LogP contribution in [0.1, 0.15) is 0 Å². The molecule has 0 N–H and O–H groups in total. The van der Waals surface area contributed by atoms with Gasteiger partial charge < -0.3 is 0 Å². The Labute approximate surface area is 77.5 Å². The molecule has 1 radical (unpaired) electrons. The van der Waals surface area contributed by atoms with Gasteiger partial charge in [0.1, 0.15) is 0 Å². The van der Waals surface area contributed by atoms with Crippen molar-refractivity contribution >= 4 is 17.4 Å². The summed E-state index contributed by atoms with van der Waals surface area (Å²) in [5.41, 5.74) is 0. The molecule has 0 fully saturated rings. The van der Waals surface area contributed by atoms with Crippen molar-refractivity contribution in [3.8, 4) is 0 Å². The topological polar surface area (TPSA) is 0 Å². The van der Waals surface area contributed by atoms with E-state index in [0.29, 0.717) is 0 Å². The minimum Gasteiger partial charge on any atom is 0 e. The monoisotopic (exact) mass is 229 g/mol. The predicted octanol–water partition coefficient (Wildman–Crippen LogP) is -1.19. The number of hydrogen-bond donors (Lipinski definition) is 0. The zero-order chi connectivity index (χ0) is 0. The van der Waals surface area contributed by atoms with Crippen LogP contribution in [0.25, 0.3) is 0 Å². The van der Waals surface area contributed by atoms with E-state index in [0.717, 1.165) is 0 Å². The standard InChI is InChI=1S/Al.Ni.V.Zr.3H. The maximum Gasteiger partial charge on any atom is 0.187 e. The van der Waals surface area contributed by atoms with Crippen LogP contribution in [0.5, 0.6) is 0 Å². The molecule has 0 atom stereocenters. The normalized spacial score (nSPS) is 0. The quantitative estimate of drug-likeness (QED) is 0.460. The zero-order valence-corrected chi connectivity index (χ0v) is 6.11. The summed E-state index contributed by atoms with van der Waals surface area (Å²) in [6.45, 7) is 0. The largest absolute Gasteiger partial charge is 0.187 e. The Morgan fingerprint density at radius 1 is 1.00 bits per heavy atom. The summed E-state index contributed by atoms with van der Waals surface area (Å²) in [4.78, 5) is 0. The van der Waals surface area contributed by atoms with Gasteiger partial charge in [0.25, 0.3) is 0 Å². The predicted molar refractivity (Wildman–Crippen MR) is 9.94 cm³/mol. The Hall–Kier alpha value is 2.49. The summed E-state index contributed by atoms with van der Waals surface area (Å²) in [7, 11) is 0. The fourth-order valence-electron chi connectivity index (χ4n) is 0. The Morgan fingerprint density at radius 3 is 1.00 bits per heavy atom. The van der Waals surface area contributed by atoms with E-state index in [4.69, 9.17) is 0 Å². The van der Waals surface area contributed by atoms with Crippen molar-refractivity contribution in [1.29, 1.82) is 0 Å². The SMILES string of the molecule is [AlH3].[Ni].[V].[Zr]. The molecule has 0 amide bonds. The smallest absolute Gasteiger partial charge is 0 e. The van der Waals surface area contributed by atoms with Crippen LogP contribution in [0, 0.1) is 0 Å². The van der Waals surface area contributed by atoms with E-state index >= 15 is 0 Å². The van der Waals surface area contributed by atoms with Gasteiger partial charge in [-0.05, 0) is 0 Å². The fraction of sp³-hybridized carbons (Fsp3) is 0. The molecule has 0 spiro atoms. The first-order chi connectivity index (χ1) is 0. The molecule has 0 aliphatic heterocycles. The number of rotatable bonds is 0. The molecule has 0 aromatic rings. The molecule has 0 heterocycles. The Bertz CT molecular complexity index is 8.00. The van der Waals surface area contributed by atoms with Crippen molar-refractivity contribution in [2.75, 3.05) is 0 Å². The van der Waals surface area contributed by atoms with Crippen molar-refractivity contribution in [1.82, 2.24) is 0 Å². The molecule has 4 heteroatoms. The number of hydrogen-bond acceptors (Lipinski definition) is 0. The van der Waals surface area contributed by atoms with Crippen molar-refractivity contribution in [2.45, 2.75) is 0 Å². The van der Waals surface area contributed by atoms with Gasteiger partial charge in [-0.1, -0.05) is 0 Å². The summed E-state index contributed by atoms with van der Waals surface area (Å²) >= 11 is 0. The van der Waals surface area contributed by atoms with E-state index in [1.807, 2.05) is 0 Å². The van der Waals surface area contributed by atoms with Gasteiger partial charge in [-0.3, -0.25) is 0 Å². The third-order valence-corrected chi connectivity index (χ3v) is 0. The summed E-state index contributed by atoms with van der Waals surface area (Å²) in [5, 5.41) is 0. The van der Waals surface area contributed by atoms with Gasteiger partial charge in [0.2, 0.25) is 0 Å².